The molecule has 18 heavy (non-hydrogen) atoms. The Labute approximate surface area is 117 Å². The van der Waals surface area contributed by atoms with Gasteiger partial charge in [0.05, 0.1) is 0 Å². The Morgan fingerprint density at radius 2 is 1.39 bits per heavy atom. The van der Waals surface area contributed by atoms with Crippen molar-refractivity contribution in [2.75, 3.05) is 0 Å². The van der Waals surface area contributed by atoms with Crippen LogP contribution in [-0.2, 0) is 0 Å². The van der Waals surface area contributed by atoms with Crippen LogP contribution in [0.5, 0.6) is 0 Å². The van der Waals surface area contributed by atoms with E-state index in [1.54, 1.807) is 6.08 Å². The summed E-state index contributed by atoms with van der Waals surface area (Å²) in [6.45, 7) is 28.0. The van der Waals surface area contributed by atoms with Gasteiger partial charge in [-0.1, -0.05) is 71.6 Å². The van der Waals surface area contributed by atoms with Gasteiger partial charge >= 0.3 is 0 Å². The molecule has 0 aromatic rings. The zero-order valence-electron chi connectivity index (χ0n) is 13.8. The van der Waals surface area contributed by atoms with E-state index in [1.165, 1.54) is 11.1 Å². The summed E-state index contributed by atoms with van der Waals surface area (Å²) in [7, 11) is 0. The van der Waals surface area contributed by atoms with Crippen LogP contribution in [0.2, 0.25) is 0 Å². The summed E-state index contributed by atoms with van der Waals surface area (Å²) in [4.78, 5) is 0. The molecule has 0 atom stereocenters. The SMILES string of the molecule is C=C.C=C/C=C\C(=C)/C(C)=C(/C)CC.CC.CC. The van der Waals surface area contributed by atoms with Crippen LogP contribution >= 0.6 is 0 Å². The van der Waals surface area contributed by atoms with E-state index in [0.717, 1.165) is 12.0 Å². The Kier molecular flexibility index (Phi) is 35.1. The van der Waals surface area contributed by atoms with Crippen LogP contribution in [0.3, 0.4) is 0 Å². The topological polar surface area (TPSA) is 0 Å². The molecule has 0 amide bonds. The highest BCUT2D eigenvalue weighted by atomic mass is 14.0. The minimum absolute atomic E-state index is 1.08. The Bertz CT molecular complexity index is 239. The summed E-state index contributed by atoms with van der Waals surface area (Å²) < 4.78 is 0. The minimum atomic E-state index is 1.08. The van der Waals surface area contributed by atoms with Crippen molar-refractivity contribution in [1.82, 2.24) is 0 Å². The highest BCUT2D eigenvalue weighted by Gasteiger charge is 1.95. The lowest BCUT2D eigenvalue weighted by atomic mass is 10.0. The molecule has 0 aliphatic heterocycles. The zero-order valence-corrected chi connectivity index (χ0v) is 13.8. The molecular formula is C18H34. The van der Waals surface area contributed by atoms with Gasteiger partial charge in [0.1, 0.15) is 0 Å². The highest BCUT2D eigenvalue weighted by Crippen LogP contribution is 2.15. The fourth-order valence-corrected chi connectivity index (χ4v) is 0.848. The lowest BCUT2D eigenvalue weighted by Gasteiger charge is -2.04. The van der Waals surface area contributed by atoms with Crippen molar-refractivity contribution >= 4 is 0 Å². The summed E-state index contributed by atoms with van der Waals surface area (Å²) in [6, 6.07) is 0. The van der Waals surface area contributed by atoms with E-state index in [0.29, 0.717) is 0 Å². The van der Waals surface area contributed by atoms with Gasteiger partial charge in [0.25, 0.3) is 0 Å². The fourth-order valence-electron chi connectivity index (χ4n) is 0.848. The van der Waals surface area contributed by atoms with E-state index in [1.807, 2.05) is 39.8 Å². The van der Waals surface area contributed by atoms with E-state index >= 15 is 0 Å². The minimum Gasteiger partial charge on any atom is -0.106 e. The molecule has 0 unspecified atom stereocenters. The molecule has 0 heterocycles. The third-order valence-corrected chi connectivity index (χ3v) is 2.09. The molecule has 106 valence electrons. The van der Waals surface area contributed by atoms with Crippen LogP contribution in [0.4, 0.5) is 0 Å². The van der Waals surface area contributed by atoms with Crippen molar-refractivity contribution in [3.05, 3.63) is 61.3 Å². The summed E-state index contributed by atoms with van der Waals surface area (Å²) in [6.07, 6.45) is 6.75. The van der Waals surface area contributed by atoms with E-state index in [9.17, 15) is 0 Å². The summed E-state index contributed by atoms with van der Waals surface area (Å²) in [5, 5.41) is 0. The first-order chi connectivity index (χ1) is 8.63. The van der Waals surface area contributed by atoms with E-state index in [2.05, 4.69) is 47.1 Å². The van der Waals surface area contributed by atoms with Crippen LogP contribution in [-0.4, -0.2) is 0 Å². The highest BCUT2D eigenvalue weighted by molar-refractivity contribution is 5.39. The molecular weight excluding hydrogens is 216 g/mol. The van der Waals surface area contributed by atoms with Crippen LogP contribution in [0, 0.1) is 0 Å². The lowest BCUT2D eigenvalue weighted by Crippen LogP contribution is -1.84. The second-order valence-electron chi connectivity index (χ2n) is 2.88. The molecule has 0 aromatic carbocycles. The van der Waals surface area contributed by atoms with E-state index in [4.69, 9.17) is 0 Å². The number of hydrogen-bond acceptors (Lipinski definition) is 0. The first-order valence-corrected chi connectivity index (χ1v) is 6.78. The van der Waals surface area contributed by atoms with Crippen LogP contribution in [0.15, 0.2) is 61.3 Å². The number of allylic oxidation sites excluding steroid dienone is 6. The van der Waals surface area contributed by atoms with Crippen molar-refractivity contribution in [1.29, 1.82) is 0 Å². The summed E-state index contributed by atoms with van der Waals surface area (Å²) in [5.74, 6) is 0. The maximum atomic E-state index is 3.97. The van der Waals surface area contributed by atoms with Crippen molar-refractivity contribution in [3.63, 3.8) is 0 Å². The largest absolute Gasteiger partial charge is 0.106 e. The van der Waals surface area contributed by atoms with Gasteiger partial charge in [0.15, 0.2) is 0 Å². The molecule has 0 N–H and O–H groups in total. The Morgan fingerprint density at radius 1 is 1.00 bits per heavy atom. The fraction of sp³-hybridized carbons (Fsp3) is 0.444. The predicted octanol–water partition coefficient (Wildman–Crippen LogP) is 6.89. The van der Waals surface area contributed by atoms with Crippen LogP contribution < -0.4 is 0 Å². The van der Waals surface area contributed by atoms with Crippen LogP contribution in [0.1, 0.15) is 54.9 Å². The first kappa shape index (κ1) is 25.5. The molecule has 0 heteroatoms. The molecule has 0 rings (SSSR count). The van der Waals surface area contributed by atoms with Gasteiger partial charge in [0.2, 0.25) is 0 Å². The first-order valence-electron chi connectivity index (χ1n) is 6.78. The average Bonchev–Trinajstić information content (AvgIpc) is 2.49. The molecule has 0 nitrogen and oxygen atoms in total. The Balaban J connectivity index is -0.000000141. The summed E-state index contributed by atoms with van der Waals surface area (Å²) in [5.41, 5.74) is 3.76. The second kappa shape index (κ2) is 24.8. The van der Waals surface area contributed by atoms with Crippen molar-refractivity contribution in [3.8, 4) is 0 Å². The lowest BCUT2D eigenvalue weighted by molar-refractivity contribution is 1.06. The monoisotopic (exact) mass is 250 g/mol. The molecule has 0 aliphatic carbocycles. The molecule has 0 fully saturated rings. The van der Waals surface area contributed by atoms with Gasteiger partial charge in [-0.25, -0.2) is 0 Å². The van der Waals surface area contributed by atoms with Gasteiger partial charge < -0.3 is 0 Å². The van der Waals surface area contributed by atoms with Crippen LogP contribution in [0.25, 0.3) is 0 Å². The van der Waals surface area contributed by atoms with Crippen molar-refractivity contribution < 1.29 is 0 Å². The van der Waals surface area contributed by atoms with E-state index < -0.39 is 0 Å². The number of hydrogen-bond donors (Lipinski definition) is 0. The normalized spacial score (nSPS) is 9.50. The molecule has 0 bridgehead atoms. The van der Waals surface area contributed by atoms with Gasteiger partial charge in [0, 0.05) is 0 Å². The average molecular weight is 250 g/mol. The predicted molar refractivity (Wildman–Crippen MR) is 91.1 cm³/mol. The summed E-state index contributed by atoms with van der Waals surface area (Å²) >= 11 is 0. The van der Waals surface area contributed by atoms with Gasteiger partial charge in [-0.05, 0) is 31.4 Å². The molecule has 0 aliphatic rings. The quantitative estimate of drug-likeness (QED) is 0.376. The van der Waals surface area contributed by atoms with Crippen molar-refractivity contribution in [2.45, 2.75) is 54.9 Å². The zero-order chi connectivity index (χ0) is 15.6. The standard InChI is InChI=1S/C12H18.2C2H6.C2H4/c1-6-8-9-11(4)12(5)10(3)7-2;3*1-2/h6,8-9H,1,4,7H2,2-3,5H3;2*1-2H3;1-2H2/b9-8-,12-10-;;;. The Morgan fingerprint density at radius 3 is 1.67 bits per heavy atom. The maximum absolute atomic E-state index is 3.97. The number of rotatable bonds is 4. The third-order valence-electron chi connectivity index (χ3n) is 2.09. The molecule has 0 spiro atoms. The van der Waals surface area contributed by atoms with E-state index in [-0.39, 0.29) is 0 Å². The molecule has 0 saturated heterocycles. The van der Waals surface area contributed by atoms with Gasteiger partial charge in [-0.2, -0.15) is 0 Å². The van der Waals surface area contributed by atoms with Gasteiger partial charge in [-0.15, -0.1) is 13.2 Å². The molecule has 0 radical (unpaired) electrons. The maximum Gasteiger partial charge on any atom is -0.0300 e. The second-order valence-corrected chi connectivity index (χ2v) is 2.88. The van der Waals surface area contributed by atoms with Gasteiger partial charge in [-0.3, -0.25) is 0 Å². The Hall–Kier alpha value is -1.30. The third kappa shape index (κ3) is 17.1. The molecule has 0 saturated carbocycles. The molecule has 0 aromatic heterocycles. The smallest absolute Gasteiger partial charge is 0.0300 e. The van der Waals surface area contributed by atoms with Crippen molar-refractivity contribution in [2.24, 2.45) is 0 Å².